The quantitative estimate of drug-likeness (QED) is 0.0559. The van der Waals surface area contributed by atoms with Gasteiger partial charge in [-0.15, -0.1) is 0 Å². The van der Waals surface area contributed by atoms with Crippen molar-refractivity contribution in [2.24, 2.45) is 47.0 Å². The van der Waals surface area contributed by atoms with Gasteiger partial charge in [-0.1, -0.05) is 170 Å². The van der Waals surface area contributed by atoms with E-state index in [9.17, 15) is 19.2 Å². The van der Waals surface area contributed by atoms with Gasteiger partial charge < -0.3 is 40.8 Å². The molecule has 0 saturated carbocycles. The van der Waals surface area contributed by atoms with Crippen molar-refractivity contribution in [3.63, 3.8) is 0 Å². The minimum Gasteiger partial charge on any atom is -0.370 e. The zero-order chi connectivity index (χ0) is 79.1. The molecule has 0 amide bonds. The number of aromatic amines is 4. The average Bonchev–Trinajstić information content (AvgIpc) is 1.68. The van der Waals surface area contributed by atoms with Crippen LogP contribution in [0.1, 0.15) is 181 Å². The third-order valence-corrected chi connectivity index (χ3v) is 19.4. The Hall–Kier alpha value is -12.1. The van der Waals surface area contributed by atoms with Gasteiger partial charge in [-0.25, -0.2) is 39.9 Å². The number of likely N-dealkylation sites (N-methyl/N-ethyl adjacent to an activating group) is 1. The number of amidine groups is 4. The van der Waals surface area contributed by atoms with Crippen molar-refractivity contribution in [3.05, 3.63) is 191 Å². The van der Waals surface area contributed by atoms with Gasteiger partial charge in [0, 0.05) is 136 Å². The van der Waals surface area contributed by atoms with E-state index in [2.05, 4.69) is 141 Å². The number of aromatic nitrogens is 12. The number of benzene rings is 4. The maximum atomic E-state index is 12.8. The number of carbonyl (C=O) groups excluding carboxylic acids is 4. The van der Waals surface area contributed by atoms with Gasteiger partial charge in [-0.2, -0.15) is 0 Å². The van der Waals surface area contributed by atoms with Crippen LogP contribution in [0.3, 0.4) is 0 Å². The van der Waals surface area contributed by atoms with E-state index in [1.54, 1.807) is 49.6 Å². The molecule has 16 rings (SSSR count). The molecular weight excluding hydrogens is 1390 g/mol. The molecule has 0 spiro atoms. The number of carbonyl (C=O) groups is 4. The average molecular weight is 1490 g/mol. The van der Waals surface area contributed by atoms with E-state index < -0.39 is 21.7 Å². The monoisotopic (exact) mass is 1490 g/mol. The second kappa shape index (κ2) is 30.4. The number of ketones is 4. The molecule has 111 heavy (non-hydrogen) atoms. The Morgan fingerprint density at radius 1 is 0.396 bits per heavy atom. The fourth-order valence-electron chi connectivity index (χ4n) is 13.1. The van der Waals surface area contributed by atoms with E-state index in [4.69, 9.17) is 24.9 Å². The molecule has 12 heterocycles. The van der Waals surface area contributed by atoms with E-state index in [-0.39, 0.29) is 34.1 Å². The highest BCUT2D eigenvalue weighted by Gasteiger charge is 2.32. The minimum atomic E-state index is -0.481. The van der Waals surface area contributed by atoms with Crippen LogP contribution in [0.2, 0.25) is 0 Å². The van der Waals surface area contributed by atoms with Gasteiger partial charge in [0.25, 0.3) is 0 Å². The molecule has 24 heteroatoms. The molecular formula is C87H98N20O4. The molecule has 0 atom stereocenters. The highest BCUT2D eigenvalue weighted by molar-refractivity contribution is 6.12. The topological polar surface area (TPSA) is 323 Å². The van der Waals surface area contributed by atoms with Crippen molar-refractivity contribution in [1.82, 2.24) is 80.7 Å². The van der Waals surface area contributed by atoms with Crippen molar-refractivity contribution in [1.29, 1.82) is 0 Å². The van der Waals surface area contributed by atoms with Gasteiger partial charge in [-0.05, 0) is 44.5 Å². The Morgan fingerprint density at radius 2 is 0.730 bits per heavy atom. The molecule has 4 aliphatic heterocycles. The highest BCUT2D eigenvalue weighted by atomic mass is 16.1. The number of nitrogens with one attached hydrogen (secondary N) is 7. The first-order chi connectivity index (χ1) is 52.6. The van der Waals surface area contributed by atoms with E-state index in [1.165, 1.54) is 0 Å². The van der Waals surface area contributed by atoms with Crippen LogP contribution in [0.25, 0.3) is 89.7 Å². The van der Waals surface area contributed by atoms with Crippen LogP contribution in [0.5, 0.6) is 0 Å². The van der Waals surface area contributed by atoms with Crippen LogP contribution in [-0.4, -0.2) is 170 Å². The molecule has 4 aromatic carbocycles. The van der Waals surface area contributed by atoms with Gasteiger partial charge in [0.2, 0.25) is 0 Å². The molecule has 0 aliphatic carbocycles. The molecule has 24 nitrogen and oxygen atoms in total. The molecule has 4 aliphatic rings. The maximum Gasteiger partial charge on any atom is 0.171 e. The number of H-pyrrole nitrogens is 4. The van der Waals surface area contributed by atoms with E-state index in [0.717, 1.165) is 143 Å². The summed E-state index contributed by atoms with van der Waals surface area (Å²) in [6, 6.07) is 32.4. The molecule has 7 N–H and O–H groups in total. The first kappa shape index (κ1) is 77.1. The number of hydrogen-bond donors (Lipinski definition) is 7. The van der Waals surface area contributed by atoms with Crippen molar-refractivity contribution in [3.8, 4) is 45.0 Å². The van der Waals surface area contributed by atoms with Gasteiger partial charge >= 0.3 is 0 Å². The van der Waals surface area contributed by atoms with Crippen LogP contribution in [0.4, 0.5) is 0 Å². The fraction of sp³-hybridized carbons (Fsp3) is 0.356. The molecule has 0 fully saturated rings. The summed E-state index contributed by atoms with van der Waals surface area (Å²) in [5.41, 5.74) is 16.4. The van der Waals surface area contributed by atoms with E-state index in [1.807, 2.05) is 150 Å². The lowest BCUT2D eigenvalue weighted by molar-refractivity contribution is 0.0854. The molecule has 0 radical (unpaired) electrons. The lowest BCUT2D eigenvalue weighted by atomic mass is 9.87. The lowest BCUT2D eigenvalue weighted by Gasteiger charge is -2.29. The molecule has 8 aromatic heterocycles. The Kier molecular flexibility index (Phi) is 21.1. The molecule has 0 saturated heterocycles. The summed E-state index contributed by atoms with van der Waals surface area (Å²) in [6.45, 7) is 37.6. The number of nitrogens with zero attached hydrogens (tertiary/aromatic N) is 13. The summed E-state index contributed by atoms with van der Waals surface area (Å²) in [5.74, 6) is 3.92. The van der Waals surface area contributed by atoms with Crippen molar-refractivity contribution in [2.75, 3.05) is 52.9 Å². The van der Waals surface area contributed by atoms with Gasteiger partial charge in [0.05, 0.1) is 88.4 Å². The largest absolute Gasteiger partial charge is 0.370 e. The Balaban J connectivity index is 0.000000130. The van der Waals surface area contributed by atoms with E-state index >= 15 is 0 Å². The molecule has 0 unspecified atom stereocenters. The summed E-state index contributed by atoms with van der Waals surface area (Å²) < 4.78 is 0. The Bertz CT molecular complexity index is 5720. The standard InChI is InChI=1S/C23H27N5O.C22H25N5O.2C21H23N5O/c1-22(2,3)19(29)16-10-24-21-18(16)28-17(11-25-21)14-7-6-8-15(9-14)20-26-12-23(4,5)13-27-20;1-21(2,3)18(28)15-10-23-20-17(15)26-16(11-24-20)13-7-6-8-14(9-13)19-25-12-22(4,5)27-19;1-21(2,3)18(27)15-11-23-19-17(15)25-16(12-24-19)13-6-5-7-14(10-13)20-22-8-9-26(20)4;1-21(2,3)18(27)15-11-24-20-17(15)26-16(12-25-20)13-6-4-7-14(10-13)19-22-8-5-9-23-19/h6-11H,12-13H2,1-5H3,(H,24,25)(H,26,27);6-11H,12H2,1-5H3,(H,23,24)(H,25,27);5-7,10-12H,8-9H2,1-4H3,(H,23,24);4,6-7,10-12H,5,8-9H2,1-3H3,(H,22,23)(H,24,25). The van der Waals surface area contributed by atoms with Gasteiger partial charge in [-0.3, -0.25) is 39.1 Å². The summed E-state index contributed by atoms with van der Waals surface area (Å²) in [4.78, 5) is 121. The minimum absolute atomic E-state index is 0.0304. The first-order valence-electron chi connectivity index (χ1n) is 37.7. The number of fused-ring (bicyclic) bond motifs is 4. The van der Waals surface area contributed by atoms with Crippen LogP contribution in [-0.2, 0) is 0 Å². The number of rotatable bonds is 12. The van der Waals surface area contributed by atoms with Crippen molar-refractivity contribution in [2.45, 2.75) is 123 Å². The summed E-state index contributed by atoms with van der Waals surface area (Å²) in [5, 5.41) is 10.2. The second-order valence-corrected chi connectivity index (χ2v) is 34.3. The van der Waals surface area contributed by atoms with Crippen LogP contribution in [0, 0.1) is 27.1 Å². The number of Topliss-reactive ketones (excluding diaryl/α,β-unsaturated/α-hetero) is 4. The first-order valence-corrected chi connectivity index (χ1v) is 37.7. The van der Waals surface area contributed by atoms with Gasteiger partial charge in [0.1, 0.15) is 45.4 Å². The maximum absolute atomic E-state index is 12.8. The van der Waals surface area contributed by atoms with Crippen molar-refractivity contribution >= 4 is 91.1 Å². The number of aliphatic imine (C=N–C) groups is 4. The highest BCUT2D eigenvalue weighted by Crippen LogP contribution is 2.34. The molecule has 12 aromatic rings. The predicted molar refractivity (Wildman–Crippen MR) is 442 cm³/mol. The summed E-state index contributed by atoms with van der Waals surface area (Å²) >= 11 is 0. The van der Waals surface area contributed by atoms with Crippen LogP contribution in [0.15, 0.2) is 167 Å². The smallest absolute Gasteiger partial charge is 0.171 e. The SMILES string of the molecule is CC(C)(C)C(=O)c1c[nH]c2ncc(-c3cccc(C4=NCCCN4)c3)nc12.CC1(C)CN=C(c2cccc(-c3cnc4[nH]cc(C(=O)C(C)(C)C)c4n3)c2)N1.CC1(C)CN=C(c2cccc(-c3cnc4[nH]cc(C(=O)C(C)(C)C)c4n3)c2)NC1.CN1CCN=C1c1cccc(-c2cnc3[nH]cc(C(=O)C(C)(C)C)c3n2)c1. The zero-order valence-electron chi connectivity index (χ0n) is 66.5. The third-order valence-electron chi connectivity index (χ3n) is 19.4. The van der Waals surface area contributed by atoms with Gasteiger partial charge in [0.15, 0.2) is 45.7 Å². The fourth-order valence-corrected chi connectivity index (χ4v) is 13.1. The zero-order valence-corrected chi connectivity index (χ0v) is 66.5. The predicted octanol–water partition coefficient (Wildman–Crippen LogP) is 15.4. The molecule has 0 bridgehead atoms. The summed E-state index contributed by atoms with van der Waals surface area (Å²) in [7, 11) is 2.05. The van der Waals surface area contributed by atoms with Crippen molar-refractivity contribution < 1.29 is 19.2 Å². The summed E-state index contributed by atoms with van der Waals surface area (Å²) in [6.07, 6.45) is 14.8. The van der Waals surface area contributed by atoms with E-state index in [0.29, 0.717) is 66.9 Å². The third kappa shape index (κ3) is 17.2. The Labute approximate surface area is 646 Å². The normalized spacial score (nSPS) is 15.5. The lowest BCUT2D eigenvalue weighted by Crippen LogP contribution is -2.41. The van der Waals surface area contributed by atoms with Crippen LogP contribution >= 0.6 is 0 Å². The Morgan fingerprint density at radius 3 is 1.04 bits per heavy atom. The van der Waals surface area contributed by atoms with Crippen LogP contribution < -0.4 is 16.0 Å². The second-order valence-electron chi connectivity index (χ2n) is 34.3. The molecule has 570 valence electrons. The number of hydrogen-bond acceptors (Lipinski definition) is 20.